The van der Waals surface area contributed by atoms with E-state index in [1.165, 1.54) is 18.2 Å². The number of aromatic hydroxyl groups is 1. The second-order valence-electron chi connectivity index (χ2n) is 8.09. The van der Waals surface area contributed by atoms with E-state index in [-0.39, 0.29) is 23.0 Å². The van der Waals surface area contributed by atoms with Crippen LogP contribution in [0.1, 0.15) is 28.9 Å². The van der Waals surface area contributed by atoms with E-state index in [0.717, 1.165) is 17.4 Å². The maximum Gasteiger partial charge on any atom is 0.335 e. The standard InChI is InChI=1S/C25H28N2O7S/c1-16(24(29)20-9-12-23(28)22(15-20)27-35(2,32)33)26-13-14-34-21-10-7-18(8-11-21)17-3-5-19(6-4-17)25(30)31/h3-12,15-16,24,26-29H,13-14H2,1-2H3,(H,30,31)/t16-,24-/m0/s1. The Morgan fingerprint density at radius 2 is 1.60 bits per heavy atom. The van der Waals surface area contributed by atoms with Gasteiger partial charge in [0.2, 0.25) is 10.0 Å². The fraction of sp³-hybridized carbons (Fsp3) is 0.240. The fourth-order valence-electron chi connectivity index (χ4n) is 3.42. The zero-order chi connectivity index (χ0) is 25.6. The highest BCUT2D eigenvalue weighted by Crippen LogP contribution is 2.29. The van der Waals surface area contributed by atoms with E-state index >= 15 is 0 Å². The molecule has 0 spiro atoms. The van der Waals surface area contributed by atoms with E-state index in [4.69, 9.17) is 9.84 Å². The highest BCUT2D eigenvalue weighted by molar-refractivity contribution is 7.92. The molecule has 3 rings (SSSR count). The van der Waals surface area contributed by atoms with Gasteiger partial charge in [0.05, 0.1) is 23.6 Å². The second kappa shape index (κ2) is 11.2. The number of rotatable bonds is 11. The molecule has 0 radical (unpaired) electrons. The Balaban J connectivity index is 1.49. The smallest absolute Gasteiger partial charge is 0.335 e. The van der Waals surface area contributed by atoms with Crippen molar-refractivity contribution in [1.82, 2.24) is 5.32 Å². The number of nitrogens with one attached hydrogen (secondary N) is 2. The van der Waals surface area contributed by atoms with Crippen molar-refractivity contribution in [2.45, 2.75) is 19.1 Å². The third-order valence-corrected chi connectivity index (χ3v) is 5.88. The summed E-state index contributed by atoms with van der Waals surface area (Å²) in [6, 6.07) is 17.9. The zero-order valence-corrected chi connectivity index (χ0v) is 20.1. The summed E-state index contributed by atoms with van der Waals surface area (Å²) in [5, 5.41) is 32.6. The number of aliphatic hydroxyl groups excluding tert-OH is 1. The van der Waals surface area contributed by atoms with Crippen LogP contribution >= 0.6 is 0 Å². The van der Waals surface area contributed by atoms with Crippen molar-refractivity contribution in [2.75, 3.05) is 24.1 Å². The number of phenols is 1. The molecule has 186 valence electrons. The molecule has 35 heavy (non-hydrogen) atoms. The molecule has 0 aliphatic rings. The van der Waals surface area contributed by atoms with Crippen LogP contribution in [0.15, 0.2) is 66.7 Å². The lowest BCUT2D eigenvalue weighted by atomic mass is 10.0. The summed E-state index contributed by atoms with van der Waals surface area (Å²) >= 11 is 0. The van der Waals surface area contributed by atoms with Crippen molar-refractivity contribution in [2.24, 2.45) is 0 Å². The van der Waals surface area contributed by atoms with Crippen LogP contribution in [-0.2, 0) is 10.0 Å². The Morgan fingerprint density at radius 3 is 2.17 bits per heavy atom. The molecule has 0 aliphatic carbocycles. The van der Waals surface area contributed by atoms with Crippen molar-refractivity contribution in [3.8, 4) is 22.6 Å². The van der Waals surface area contributed by atoms with Gasteiger partial charge >= 0.3 is 5.97 Å². The van der Waals surface area contributed by atoms with Gasteiger partial charge in [-0.05, 0) is 60.0 Å². The monoisotopic (exact) mass is 500 g/mol. The molecule has 5 N–H and O–H groups in total. The average Bonchev–Trinajstić information content (AvgIpc) is 2.82. The number of hydrogen-bond donors (Lipinski definition) is 5. The molecule has 2 atom stereocenters. The molecule has 0 bridgehead atoms. The van der Waals surface area contributed by atoms with Crippen LogP contribution in [0.4, 0.5) is 5.69 Å². The maximum absolute atomic E-state index is 11.5. The summed E-state index contributed by atoms with van der Waals surface area (Å²) in [4.78, 5) is 11.0. The van der Waals surface area contributed by atoms with Crippen LogP contribution in [0.5, 0.6) is 11.5 Å². The van der Waals surface area contributed by atoms with E-state index in [9.17, 15) is 23.4 Å². The number of carboxylic acid groups (broad SMARTS) is 1. The third kappa shape index (κ3) is 7.44. The van der Waals surface area contributed by atoms with Crippen LogP contribution in [0.3, 0.4) is 0 Å². The van der Waals surface area contributed by atoms with Gasteiger partial charge < -0.3 is 25.4 Å². The number of phenolic OH excluding ortho intramolecular Hbond substituents is 1. The summed E-state index contributed by atoms with van der Waals surface area (Å²) in [5.74, 6) is -0.530. The van der Waals surface area contributed by atoms with Gasteiger partial charge in [-0.1, -0.05) is 30.3 Å². The summed E-state index contributed by atoms with van der Waals surface area (Å²) in [6.07, 6.45) is 0.0358. The van der Waals surface area contributed by atoms with Gasteiger partial charge in [-0.2, -0.15) is 0 Å². The van der Waals surface area contributed by atoms with Gasteiger partial charge in [0.25, 0.3) is 0 Å². The van der Waals surface area contributed by atoms with Crippen LogP contribution in [0.25, 0.3) is 11.1 Å². The lowest BCUT2D eigenvalue weighted by Crippen LogP contribution is -2.35. The van der Waals surface area contributed by atoms with E-state index < -0.39 is 22.1 Å². The van der Waals surface area contributed by atoms with Crippen LogP contribution < -0.4 is 14.8 Å². The number of sulfonamides is 1. The van der Waals surface area contributed by atoms with Crippen LogP contribution in [0.2, 0.25) is 0 Å². The number of hydrogen-bond acceptors (Lipinski definition) is 7. The first-order valence-electron chi connectivity index (χ1n) is 10.8. The van der Waals surface area contributed by atoms with E-state index in [1.807, 2.05) is 24.3 Å². The van der Waals surface area contributed by atoms with Gasteiger partial charge in [0.1, 0.15) is 18.1 Å². The average molecular weight is 501 g/mol. The number of carboxylic acids is 1. The minimum absolute atomic E-state index is 0.000795. The Kier molecular flexibility index (Phi) is 8.34. The maximum atomic E-state index is 11.5. The third-order valence-electron chi connectivity index (χ3n) is 5.29. The topological polar surface area (TPSA) is 145 Å². The molecule has 0 heterocycles. The zero-order valence-electron chi connectivity index (χ0n) is 19.3. The Bertz CT molecular complexity index is 1260. The largest absolute Gasteiger partial charge is 0.506 e. The minimum Gasteiger partial charge on any atom is -0.506 e. The molecule has 0 fully saturated rings. The van der Waals surface area contributed by atoms with E-state index in [2.05, 4.69) is 10.0 Å². The van der Waals surface area contributed by atoms with Gasteiger partial charge in [-0.25, -0.2) is 13.2 Å². The quantitative estimate of drug-likeness (QED) is 0.199. The Hall–Kier alpha value is -3.60. The molecule has 0 amide bonds. The fourth-order valence-corrected chi connectivity index (χ4v) is 3.99. The Labute approximate surface area is 204 Å². The number of aliphatic hydroxyl groups is 1. The number of benzene rings is 3. The molecular formula is C25H28N2O7S. The number of carbonyl (C=O) groups is 1. The first-order valence-corrected chi connectivity index (χ1v) is 12.7. The van der Waals surface area contributed by atoms with E-state index in [0.29, 0.717) is 24.5 Å². The molecule has 10 heteroatoms. The van der Waals surface area contributed by atoms with Gasteiger partial charge in [0.15, 0.2) is 0 Å². The number of ether oxygens (including phenoxy) is 1. The van der Waals surface area contributed by atoms with Crippen molar-refractivity contribution in [1.29, 1.82) is 0 Å². The first-order chi connectivity index (χ1) is 16.5. The number of aromatic carboxylic acids is 1. The number of anilines is 1. The summed E-state index contributed by atoms with van der Waals surface area (Å²) in [6.45, 7) is 2.58. The highest BCUT2D eigenvalue weighted by Gasteiger charge is 2.18. The van der Waals surface area contributed by atoms with Crippen LogP contribution in [-0.4, -0.2) is 55.2 Å². The first kappa shape index (κ1) is 26.0. The SMILES string of the molecule is C[C@H](NCCOc1ccc(-c2ccc(C(=O)O)cc2)cc1)[C@H](O)c1ccc(O)c(NS(C)(=O)=O)c1. The predicted octanol–water partition coefficient (Wildman–Crippen LogP) is 3.22. The molecular weight excluding hydrogens is 472 g/mol. The highest BCUT2D eigenvalue weighted by atomic mass is 32.2. The molecule has 0 saturated heterocycles. The van der Waals surface area contributed by atoms with Gasteiger partial charge in [-0.3, -0.25) is 4.72 Å². The minimum atomic E-state index is -3.58. The lowest BCUT2D eigenvalue weighted by Gasteiger charge is -2.21. The van der Waals surface area contributed by atoms with Gasteiger partial charge in [0, 0.05) is 12.6 Å². The molecule has 0 aliphatic heterocycles. The van der Waals surface area contributed by atoms with Crippen molar-refractivity contribution in [3.05, 3.63) is 77.9 Å². The lowest BCUT2D eigenvalue weighted by molar-refractivity contribution is 0.0697. The molecule has 0 unspecified atom stereocenters. The van der Waals surface area contributed by atoms with Crippen molar-refractivity contribution < 1.29 is 33.3 Å². The van der Waals surface area contributed by atoms with E-state index in [1.54, 1.807) is 31.2 Å². The molecule has 3 aromatic carbocycles. The molecule has 0 aromatic heterocycles. The summed E-state index contributed by atoms with van der Waals surface area (Å²) in [5.41, 5.74) is 2.51. The second-order valence-corrected chi connectivity index (χ2v) is 9.84. The van der Waals surface area contributed by atoms with Gasteiger partial charge in [-0.15, -0.1) is 0 Å². The Morgan fingerprint density at radius 1 is 1.00 bits per heavy atom. The molecule has 0 saturated carbocycles. The summed E-state index contributed by atoms with van der Waals surface area (Å²) in [7, 11) is -3.58. The normalized spacial score (nSPS) is 13.1. The predicted molar refractivity (Wildman–Crippen MR) is 133 cm³/mol. The van der Waals surface area contributed by atoms with Crippen LogP contribution in [0, 0.1) is 0 Å². The van der Waals surface area contributed by atoms with Crippen molar-refractivity contribution >= 4 is 21.7 Å². The summed E-state index contributed by atoms with van der Waals surface area (Å²) < 4.78 is 30.9. The molecule has 3 aromatic rings. The molecule has 9 nitrogen and oxygen atoms in total. The van der Waals surface area contributed by atoms with Crippen molar-refractivity contribution in [3.63, 3.8) is 0 Å².